The Hall–Kier alpha value is -1.64. The maximum atomic E-state index is 12.9. The highest BCUT2D eigenvalue weighted by atomic mass is 19.1. The zero-order valence-electron chi connectivity index (χ0n) is 9.10. The first kappa shape index (κ1) is 11.4. The van der Waals surface area contributed by atoms with Crippen LogP contribution in [0.15, 0.2) is 29.8 Å². The molecule has 1 aromatic rings. The van der Waals surface area contributed by atoms with Gasteiger partial charge in [0.25, 0.3) is 0 Å². The van der Waals surface area contributed by atoms with Crippen LogP contribution in [0.1, 0.15) is 19.4 Å². The second-order valence-electron chi connectivity index (χ2n) is 3.67. The van der Waals surface area contributed by atoms with Crippen LogP contribution in [0, 0.1) is 12.7 Å². The molecule has 0 fully saturated rings. The van der Waals surface area contributed by atoms with E-state index in [1.54, 1.807) is 6.07 Å². The molecule has 3 heteroatoms. The fourth-order valence-electron chi connectivity index (χ4n) is 1.16. The van der Waals surface area contributed by atoms with Crippen LogP contribution in [0.3, 0.4) is 0 Å². The summed E-state index contributed by atoms with van der Waals surface area (Å²) in [5, 5.41) is 2.63. The molecule has 0 atom stereocenters. The average molecular weight is 207 g/mol. The van der Waals surface area contributed by atoms with Gasteiger partial charge in [-0.05, 0) is 38.5 Å². The number of benzene rings is 1. The van der Waals surface area contributed by atoms with Crippen molar-refractivity contribution < 1.29 is 9.18 Å². The largest absolute Gasteiger partial charge is 0.322 e. The zero-order chi connectivity index (χ0) is 11.4. The molecule has 1 rings (SSSR count). The molecule has 0 saturated carbocycles. The van der Waals surface area contributed by atoms with E-state index in [1.807, 2.05) is 20.8 Å². The Balaban J connectivity index is 2.85. The van der Waals surface area contributed by atoms with E-state index in [4.69, 9.17) is 0 Å². The van der Waals surface area contributed by atoms with Gasteiger partial charge in [-0.15, -0.1) is 0 Å². The lowest BCUT2D eigenvalue weighted by molar-refractivity contribution is -0.111. The lowest BCUT2D eigenvalue weighted by Gasteiger charge is -2.06. The molecule has 0 aliphatic carbocycles. The Kier molecular flexibility index (Phi) is 3.61. The lowest BCUT2D eigenvalue weighted by Crippen LogP contribution is -2.09. The highest BCUT2D eigenvalue weighted by Gasteiger charge is 2.03. The van der Waals surface area contributed by atoms with Gasteiger partial charge in [0.2, 0.25) is 5.91 Å². The van der Waals surface area contributed by atoms with Crippen LogP contribution in [0.5, 0.6) is 0 Å². The lowest BCUT2D eigenvalue weighted by atomic mass is 10.2. The van der Waals surface area contributed by atoms with Gasteiger partial charge in [0.1, 0.15) is 5.82 Å². The molecule has 0 unspecified atom stereocenters. The minimum Gasteiger partial charge on any atom is -0.322 e. The molecular weight excluding hydrogens is 193 g/mol. The summed E-state index contributed by atoms with van der Waals surface area (Å²) in [7, 11) is 0. The molecule has 1 aromatic carbocycles. The molecule has 0 aliphatic heterocycles. The summed E-state index contributed by atoms with van der Waals surface area (Å²) in [6.07, 6.45) is 1.48. The average Bonchev–Trinajstić information content (AvgIpc) is 2.10. The van der Waals surface area contributed by atoms with Crippen molar-refractivity contribution in [1.29, 1.82) is 0 Å². The van der Waals surface area contributed by atoms with E-state index in [0.29, 0.717) is 5.69 Å². The van der Waals surface area contributed by atoms with Gasteiger partial charge in [-0.3, -0.25) is 4.79 Å². The van der Waals surface area contributed by atoms with Crippen LogP contribution in [0.25, 0.3) is 0 Å². The molecule has 80 valence electrons. The summed E-state index contributed by atoms with van der Waals surface area (Å²) in [5.41, 5.74) is 2.26. The highest BCUT2D eigenvalue weighted by Crippen LogP contribution is 2.15. The maximum absolute atomic E-state index is 12.9. The molecule has 0 heterocycles. The van der Waals surface area contributed by atoms with E-state index in [9.17, 15) is 9.18 Å². The Bertz CT molecular complexity index is 406. The van der Waals surface area contributed by atoms with Gasteiger partial charge in [-0.1, -0.05) is 11.6 Å². The number of carbonyl (C=O) groups excluding carboxylic acids is 1. The molecular formula is C12H14FNO. The van der Waals surface area contributed by atoms with Crippen molar-refractivity contribution >= 4 is 11.6 Å². The maximum Gasteiger partial charge on any atom is 0.248 e. The SMILES string of the molecule is CC(C)=CC(=O)Nc1cc(F)ccc1C. The molecule has 2 nitrogen and oxygen atoms in total. The number of anilines is 1. The summed E-state index contributed by atoms with van der Waals surface area (Å²) in [5.74, 6) is -0.586. The van der Waals surface area contributed by atoms with Crippen molar-refractivity contribution in [3.8, 4) is 0 Å². The fraction of sp³-hybridized carbons (Fsp3) is 0.250. The summed E-state index contributed by atoms with van der Waals surface area (Å²) in [6.45, 7) is 5.48. The molecule has 0 radical (unpaired) electrons. The minimum absolute atomic E-state index is 0.233. The second-order valence-corrected chi connectivity index (χ2v) is 3.67. The molecule has 0 aliphatic rings. The van der Waals surface area contributed by atoms with Gasteiger partial charge in [-0.2, -0.15) is 0 Å². The number of amides is 1. The summed E-state index contributed by atoms with van der Waals surface area (Å²) in [6, 6.07) is 4.31. The first-order valence-electron chi connectivity index (χ1n) is 4.71. The molecule has 0 aromatic heterocycles. The Morgan fingerprint density at radius 1 is 1.40 bits per heavy atom. The minimum atomic E-state index is -0.354. The number of rotatable bonds is 2. The number of nitrogens with one attached hydrogen (secondary N) is 1. The molecule has 0 bridgehead atoms. The second kappa shape index (κ2) is 4.73. The molecule has 15 heavy (non-hydrogen) atoms. The number of aryl methyl sites for hydroxylation is 1. The Labute approximate surface area is 88.8 Å². The van der Waals surface area contributed by atoms with Gasteiger partial charge in [0.05, 0.1) is 0 Å². The number of allylic oxidation sites excluding steroid dienone is 1. The smallest absolute Gasteiger partial charge is 0.248 e. The fourth-order valence-corrected chi connectivity index (χ4v) is 1.16. The standard InChI is InChI=1S/C12H14FNO/c1-8(2)6-12(15)14-11-7-10(13)5-4-9(11)3/h4-7H,1-3H3,(H,14,15). The predicted octanol–water partition coefficient (Wildman–Crippen LogP) is 3.04. The molecule has 1 N–H and O–H groups in total. The number of halogens is 1. The van der Waals surface area contributed by atoms with Crippen molar-refractivity contribution in [2.24, 2.45) is 0 Å². The van der Waals surface area contributed by atoms with E-state index < -0.39 is 0 Å². The van der Waals surface area contributed by atoms with Crippen LogP contribution in [0.4, 0.5) is 10.1 Å². The van der Waals surface area contributed by atoms with Gasteiger partial charge < -0.3 is 5.32 Å². The number of hydrogen-bond acceptors (Lipinski definition) is 1. The third-order valence-corrected chi connectivity index (χ3v) is 1.88. The van der Waals surface area contributed by atoms with E-state index in [0.717, 1.165) is 11.1 Å². The summed E-state index contributed by atoms with van der Waals surface area (Å²) in [4.78, 5) is 11.4. The third kappa shape index (κ3) is 3.54. The summed E-state index contributed by atoms with van der Waals surface area (Å²) < 4.78 is 12.9. The molecule has 0 saturated heterocycles. The highest BCUT2D eigenvalue weighted by molar-refractivity contribution is 6.00. The van der Waals surface area contributed by atoms with E-state index >= 15 is 0 Å². The van der Waals surface area contributed by atoms with Gasteiger partial charge >= 0.3 is 0 Å². The van der Waals surface area contributed by atoms with Crippen LogP contribution in [0.2, 0.25) is 0 Å². The van der Waals surface area contributed by atoms with Gasteiger partial charge in [0, 0.05) is 11.8 Å². The van der Waals surface area contributed by atoms with E-state index in [-0.39, 0.29) is 11.7 Å². The Morgan fingerprint density at radius 3 is 2.67 bits per heavy atom. The van der Waals surface area contributed by atoms with Crippen molar-refractivity contribution in [3.05, 3.63) is 41.2 Å². The van der Waals surface area contributed by atoms with Crippen molar-refractivity contribution in [3.63, 3.8) is 0 Å². The number of hydrogen-bond donors (Lipinski definition) is 1. The van der Waals surface area contributed by atoms with Crippen molar-refractivity contribution in [2.75, 3.05) is 5.32 Å². The van der Waals surface area contributed by atoms with Crippen LogP contribution >= 0.6 is 0 Å². The van der Waals surface area contributed by atoms with E-state index in [1.165, 1.54) is 18.2 Å². The van der Waals surface area contributed by atoms with Crippen LogP contribution < -0.4 is 5.32 Å². The van der Waals surface area contributed by atoms with Gasteiger partial charge in [0.15, 0.2) is 0 Å². The zero-order valence-corrected chi connectivity index (χ0v) is 9.10. The van der Waals surface area contributed by atoms with Gasteiger partial charge in [-0.25, -0.2) is 4.39 Å². The van der Waals surface area contributed by atoms with Crippen LogP contribution in [-0.4, -0.2) is 5.91 Å². The third-order valence-electron chi connectivity index (χ3n) is 1.88. The first-order chi connectivity index (χ1) is 6.99. The Morgan fingerprint density at radius 2 is 2.07 bits per heavy atom. The monoisotopic (exact) mass is 207 g/mol. The van der Waals surface area contributed by atoms with E-state index in [2.05, 4.69) is 5.32 Å². The molecule has 1 amide bonds. The number of carbonyl (C=O) groups is 1. The van der Waals surface area contributed by atoms with Crippen LogP contribution in [-0.2, 0) is 4.79 Å². The first-order valence-corrected chi connectivity index (χ1v) is 4.71. The normalized spacial score (nSPS) is 9.60. The topological polar surface area (TPSA) is 29.1 Å². The quantitative estimate of drug-likeness (QED) is 0.742. The summed E-state index contributed by atoms with van der Waals surface area (Å²) >= 11 is 0. The van der Waals surface area contributed by atoms with Crippen molar-refractivity contribution in [2.45, 2.75) is 20.8 Å². The van der Waals surface area contributed by atoms with Crippen molar-refractivity contribution in [1.82, 2.24) is 0 Å². The molecule has 0 spiro atoms. The predicted molar refractivity (Wildman–Crippen MR) is 59.2 cm³/mol.